The Bertz CT molecular complexity index is 186. The molecular formula is C8H11LiO. The normalized spacial score (nSPS) is 8.50. The molecule has 0 amide bonds. The van der Waals surface area contributed by atoms with E-state index >= 15 is 0 Å². The van der Waals surface area contributed by atoms with Gasteiger partial charge in [0.05, 0.1) is 0 Å². The Kier molecular flexibility index (Phi) is 4.27. The van der Waals surface area contributed by atoms with Gasteiger partial charge in [0.25, 0.3) is 0 Å². The summed E-state index contributed by atoms with van der Waals surface area (Å²) in [5.41, 5.74) is 1.26. The largest absolute Gasteiger partial charge is 1.00 e. The van der Waals surface area contributed by atoms with Gasteiger partial charge in [-0.3, -0.25) is 0 Å². The van der Waals surface area contributed by atoms with Crippen LogP contribution in [0.3, 0.4) is 0 Å². The van der Waals surface area contributed by atoms with Crippen LogP contribution in [0.25, 0.3) is 0 Å². The maximum Gasteiger partial charge on any atom is 1.00 e. The maximum absolute atomic E-state index is 8.85. The molecule has 0 heterocycles. The Hall–Kier alpha value is -0.383. The van der Waals surface area contributed by atoms with Crippen LogP contribution in [0.2, 0.25) is 0 Å². The summed E-state index contributed by atoms with van der Waals surface area (Å²) in [4.78, 5) is 0. The molecule has 1 aromatic rings. The van der Waals surface area contributed by atoms with E-state index in [1.165, 1.54) is 5.56 Å². The second-order valence-electron chi connectivity index (χ2n) is 2.02. The van der Waals surface area contributed by atoms with E-state index in [1.807, 2.05) is 12.1 Å². The van der Waals surface area contributed by atoms with Gasteiger partial charge in [-0.05, 0) is 24.1 Å². The van der Waals surface area contributed by atoms with Crippen molar-refractivity contribution in [3.63, 3.8) is 0 Å². The first-order chi connectivity index (χ1) is 4.33. The van der Waals surface area contributed by atoms with Crippen LogP contribution < -0.4 is 18.9 Å². The number of benzene rings is 1. The van der Waals surface area contributed by atoms with Crippen molar-refractivity contribution in [3.05, 3.63) is 29.8 Å². The van der Waals surface area contributed by atoms with Gasteiger partial charge >= 0.3 is 18.9 Å². The number of rotatable bonds is 1. The number of phenols is 1. The predicted molar refractivity (Wildman–Crippen MR) is 38.6 cm³/mol. The summed E-state index contributed by atoms with van der Waals surface area (Å²) in [5.74, 6) is 0.340. The molecule has 0 aliphatic carbocycles. The maximum atomic E-state index is 8.85. The van der Waals surface area contributed by atoms with Crippen LogP contribution in [0.5, 0.6) is 5.75 Å². The van der Waals surface area contributed by atoms with Crippen LogP contribution in [-0.2, 0) is 6.42 Å². The van der Waals surface area contributed by atoms with Crippen molar-refractivity contribution in [1.29, 1.82) is 0 Å². The Morgan fingerprint density at radius 2 is 1.80 bits per heavy atom. The van der Waals surface area contributed by atoms with E-state index in [0.717, 1.165) is 6.42 Å². The number of hydrogen-bond acceptors (Lipinski definition) is 1. The average Bonchev–Trinajstić information content (AvgIpc) is 1.90. The summed E-state index contributed by atoms with van der Waals surface area (Å²) in [6, 6.07) is 7.27. The third-order valence-electron chi connectivity index (χ3n) is 1.34. The smallest absolute Gasteiger partial charge is 1.00 e. The van der Waals surface area contributed by atoms with Crippen LogP contribution >= 0.6 is 0 Å². The van der Waals surface area contributed by atoms with E-state index in [2.05, 4.69) is 6.92 Å². The zero-order valence-corrected chi connectivity index (χ0v) is 6.46. The molecule has 0 fully saturated rings. The van der Waals surface area contributed by atoms with Crippen LogP contribution in [0, 0.1) is 0 Å². The second kappa shape index (κ2) is 4.44. The number of aryl methyl sites for hydroxylation is 1. The van der Waals surface area contributed by atoms with Gasteiger partial charge in [0.1, 0.15) is 5.75 Å². The van der Waals surface area contributed by atoms with E-state index in [-0.39, 0.29) is 20.3 Å². The van der Waals surface area contributed by atoms with Crippen LogP contribution in [0.1, 0.15) is 13.9 Å². The molecule has 0 radical (unpaired) electrons. The summed E-state index contributed by atoms with van der Waals surface area (Å²) in [7, 11) is 0. The molecule has 1 rings (SSSR count). The fraction of sp³-hybridized carbons (Fsp3) is 0.250. The number of aromatic hydroxyl groups is 1. The van der Waals surface area contributed by atoms with Gasteiger partial charge in [0, 0.05) is 0 Å². The summed E-state index contributed by atoms with van der Waals surface area (Å²) in [6.07, 6.45) is 1.03. The van der Waals surface area contributed by atoms with Crippen molar-refractivity contribution in [2.24, 2.45) is 0 Å². The Labute approximate surface area is 74.7 Å². The second-order valence-corrected chi connectivity index (χ2v) is 2.02. The fourth-order valence-corrected chi connectivity index (χ4v) is 0.732. The molecule has 2 heteroatoms. The minimum atomic E-state index is 0. The van der Waals surface area contributed by atoms with Crippen molar-refractivity contribution in [2.45, 2.75) is 13.3 Å². The minimum Gasteiger partial charge on any atom is -1.00 e. The summed E-state index contributed by atoms with van der Waals surface area (Å²) < 4.78 is 0. The third kappa shape index (κ3) is 2.47. The van der Waals surface area contributed by atoms with Crippen molar-refractivity contribution in [1.82, 2.24) is 0 Å². The molecular weight excluding hydrogens is 119 g/mol. The molecule has 0 aliphatic rings. The van der Waals surface area contributed by atoms with Crippen LogP contribution in [0.4, 0.5) is 0 Å². The number of hydrogen-bond donors (Lipinski definition) is 1. The topological polar surface area (TPSA) is 20.2 Å². The molecule has 0 aromatic heterocycles. The van der Waals surface area contributed by atoms with Gasteiger partial charge < -0.3 is 6.53 Å². The molecule has 1 N–H and O–H groups in total. The van der Waals surface area contributed by atoms with Gasteiger partial charge in [-0.1, -0.05) is 19.1 Å². The standard InChI is InChI=1S/C8H10O.Li.H/c1-2-7-3-5-8(9)6-4-7;;/h3-6,9H,2H2,1H3;;/q;+1;-1. The molecule has 0 saturated heterocycles. The minimum absolute atomic E-state index is 0. The zero-order valence-electron chi connectivity index (χ0n) is 7.46. The Balaban J connectivity index is 0. The zero-order chi connectivity index (χ0) is 6.69. The summed E-state index contributed by atoms with van der Waals surface area (Å²) >= 11 is 0. The van der Waals surface area contributed by atoms with E-state index in [9.17, 15) is 0 Å². The summed E-state index contributed by atoms with van der Waals surface area (Å²) in [6.45, 7) is 2.09. The third-order valence-corrected chi connectivity index (χ3v) is 1.34. The van der Waals surface area contributed by atoms with Crippen LogP contribution in [0.15, 0.2) is 24.3 Å². The quantitative estimate of drug-likeness (QED) is 0.487. The van der Waals surface area contributed by atoms with E-state index in [1.54, 1.807) is 12.1 Å². The Morgan fingerprint density at radius 1 is 1.30 bits per heavy atom. The van der Waals surface area contributed by atoms with Gasteiger partial charge in [-0.25, -0.2) is 0 Å². The molecule has 0 bridgehead atoms. The molecule has 10 heavy (non-hydrogen) atoms. The molecule has 1 aromatic carbocycles. The fourth-order valence-electron chi connectivity index (χ4n) is 0.732. The monoisotopic (exact) mass is 130 g/mol. The Morgan fingerprint density at radius 3 is 2.20 bits per heavy atom. The molecule has 50 valence electrons. The first-order valence-electron chi connectivity index (χ1n) is 3.11. The van der Waals surface area contributed by atoms with E-state index in [0.29, 0.717) is 5.75 Å². The SMILES string of the molecule is CCc1ccc(O)cc1.[H-].[Li+]. The molecule has 0 spiro atoms. The predicted octanol–water partition coefficient (Wildman–Crippen LogP) is -0.929. The van der Waals surface area contributed by atoms with E-state index in [4.69, 9.17) is 5.11 Å². The molecule has 1 nitrogen and oxygen atoms in total. The van der Waals surface area contributed by atoms with Crippen molar-refractivity contribution < 1.29 is 25.4 Å². The van der Waals surface area contributed by atoms with Gasteiger partial charge in [-0.15, -0.1) is 0 Å². The first-order valence-corrected chi connectivity index (χ1v) is 3.11. The molecule has 0 atom stereocenters. The molecule has 0 unspecified atom stereocenters. The average molecular weight is 130 g/mol. The molecule has 0 saturated carbocycles. The van der Waals surface area contributed by atoms with Crippen LogP contribution in [-0.4, -0.2) is 5.11 Å². The first kappa shape index (κ1) is 9.62. The molecule has 0 aliphatic heterocycles. The van der Waals surface area contributed by atoms with Gasteiger partial charge in [0.2, 0.25) is 0 Å². The van der Waals surface area contributed by atoms with Gasteiger partial charge in [-0.2, -0.15) is 0 Å². The van der Waals surface area contributed by atoms with Gasteiger partial charge in [0.15, 0.2) is 0 Å². The number of phenolic OH excluding ortho intramolecular Hbond substituents is 1. The van der Waals surface area contributed by atoms with Crippen molar-refractivity contribution in [3.8, 4) is 5.75 Å². The van der Waals surface area contributed by atoms with Crippen molar-refractivity contribution in [2.75, 3.05) is 0 Å². The summed E-state index contributed by atoms with van der Waals surface area (Å²) in [5, 5.41) is 8.85. The van der Waals surface area contributed by atoms with Crippen molar-refractivity contribution >= 4 is 0 Å². The van der Waals surface area contributed by atoms with E-state index < -0.39 is 0 Å².